The van der Waals surface area contributed by atoms with E-state index in [-0.39, 0.29) is 23.1 Å². The van der Waals surface area contributed by atoms with Crippen LogP contribution in [0.2, 0.25) is 0 Å². The lowest BCUT2D eigenvalue weighted by atomic mass is 10.0. The smallest absolute Gasteiger partial charge is 0.416 e. The van der Waals surface area contributed by atoms with Gasteiger partial charge in [0.15, 0.2) is 0 Å². The topological polar surface area (TPSA) is 59.5 Å². The fraction of sp³-hybridized carbons (Fsp3) is 0.421. The van der Waals surface area contributed by atoms with E-state index in [1.807, 2.05) is 0 Å². The number of aromatic nitrogens is 1. The first-order valence-corrected chi connectivity index (χ1v) is 10.5. The molecule has 28 heavy (non-hydrogen) atoms. The average Bonchev–Trinajstić information content (AvgIpc) is 2.94. The zero-order valence-electron chi connectivity index (χ0n) is 14.8. The van der Waals surface area contributed by atoms with Crippen molar-refractivity contribution >= 4 is 10.0 Å². The summed E-state index contributed by atoms with van der Waals surface area (Å²) in [5, 5.41) is 0. The second-order valence-corrected chi connectivity index (χ2v) is 8.98. The van der Waals surface area contributed by atoms with Gasteiger partial charge in [0.25, 0.3) is 0 Å². The number of fused-ring (bicyclic) bond motifs is 2. The van der Waals surface area contributed by atoms with Gasteiger partial charge >= 0.3 is 6.18 Å². The molecular weight excluding hydrogens is 393 g/mol. The van der Waals surface area contributed by atoms with Crippen LogP contribution < -0.4 is 4.74 Å². The predicted molar refractivity (Wildman–Crippen MR) is 95.2 cm³/mol. The van der Waals surface area contributed by atoms with Crippen LogP contribution in [0.3, 0.4) is 0 Å². The monoisotopic (exact) mass is 412 g/mol. The van der Waals surface area contributed by atoms with Crippen LogP contribution in [-0.2, 0) is 16.2 Å². The van der Waals surface area contributed by atoms with Crippen molar-refractivity contribution in [2.75, 3.05) is 0 Å². The number of hydrogen-bond acceptors (Lipinski definition) is 4. The fourth-order valence-electron chi connectivity index (χ4n) is 4.14. The van der Waals surface area contributed by atoms with Crippen LogP contribution in [0, 0.1) is 0 Å². The standard InChI is InChI=1S/C19H19F3N2O3S/c20-19(21,22)13-2-1-3-18(10-13)28(25,26)24-14-4-5-15(24)12-17(11-14)27-16-6-8-23-9-7-16/h1-3,6-10,14-15,17H,4-5,11-12H2. The second-order valence-electron chi connectivity index (χ2n) is 7.14. The van der Waals surface area contributed by atoms with E-state index in [1.54, 1.807) is 24.5 Å². The average molecular weight is 412 g/mol. The van der Waals surface area contributed by atoms with Crippen LogP contribution in [0.1, 0.15) is 31.2 Å². The molecule has 5 nitrogen and oxygen atoms in total. The van der Waals surface area contributed by atoms with Crippen molar-refractivity contribution in [1.29, 1.82) is 0 Å². The molecule has 0 N–H and O–H groups in total. The third kappa shape index (κ3) is 3.60. The number of nitrogens with zero attached hydrogens (tertiary/aromatic N) is 2. The van der Waals surface area contributed by atoms with E-state index >= 15 is 0 Å². The summed E-state index contributed by atoms with van der Waals surface area (Å²) in [6.07, 6.45) is 0.906. The number of alkyl halides is 3. The minimum atomic E-state index is -4.59. The van der Waals surface area contributed by atoms with Crippen molar-refractivity contribution in [2.24, 2.45) is 0 Å². The van der Waals surface area contributed by atoms with E-state index < -0.39 is 21.8 Å². The van der Waals surface area contributed by atoms with Gasteiger partial charge in [-0.2, -0.15) is 17.5 Å². The summed E-state index contributed by atoms with van der Waals surface area (Å²) in [6, 6.07) is 6.90. The molecule has 9 heteroatoms. The third-order valence-corrected chi connectivity index (χ3v) is 7.31. The summed E-state index contributed by atoms with van der Waals surface area (Å²) in [6.45, 7) is 0. The maximum Gasteiger partial charge on any atom is 0.416 e. The Hall–Kier alpha value is -2.13. The number of benzene rings is 1. The van der Waals surface area contributed by atoms with Gasteiger partial charge in [0.2, 0.25) is 10.0 Å². The highest BCUT2D eigenvalue weighted by Crippen LogP contribution is 2.41. The number of pyridine rings is 1. The molecule has 0 aliphatic carbocycles. The largest absolute Gasteiger partial charge is 0.490 e. The van der Waals surface area contributed by atoms with Crippen LogP contribution in [0.15, 0.2) is 53.7 Å². The molecule has 3 heterocycles. The molecule has 2 bridgehead atoms. The molecule has 0 amide bonds. The quantitative estimate of drug-likeness (QED) is 0.765. The molecule has 0 saturated carbocycles. The Morgan fingerprint density at radius 2 is 1.68 bits per heavy atom. The molecule has 2 saturated heterocycles. The predicted octanol–water partition coefficient (Wildman–Crippen LogP) is 3.86. The third-order valence-electron chi connectivity index (χ3n) is 5.31. The van der Waals surface area contributed by atoms with E-state index in [9.17, 15) is 21.6 Å². The molecule has 2 atom stereocenters. The van der Waals surface area contributed by atoms with Crippen molar-refractivity contribution < 1.29 is 26.3 Å². The van der Waals surface area contributed by atoms with Gasteiger partial charge in [0, 0.05) is 37.3 Å². The molecule has 0 radical (unpaired) electrons. The Morgan fingerprint density at radius 3 is 2.29 bits per heavy atom. The van der Waals surface area contributed by atoms with Crippen LogP contribution >= 0.6 is 0 Å². The second kappa shape index (κ2) is 7.04. The summed E-state index contributed by atoms with van der Waals surface area (Å²) >= 11 is 0. The van der Waals surface area contributed by atoms with Gasteiger partial charge in [-0.05, 0) is 43.2 Å². The number of halogens is 3. The Bertz CT molecular complexity index is 936. The van der Waals surface area contributed by atoms with Crippen LogP contribution in [-0.4, -0.2) is 35.9 Å². The maximum atomic E-state index is 13.1. The van der Waals surface area contributed by atoms with Gasteiger partial charge in [0.05, 0.1) is 10.5 Å². The lowest BCUT2D eigenvalue weighted by Crippen LogP contribution is -2.49. The van der Waals surface area contributed by atoms with Crippen molar-refractivity contribution in [3.63, 3.8) is 0 Å². The number of hydrogen-bond donors (Lipinski definition) is 0. The molecule has 2 aliphatic heterocycles. The molecule has 2 aliphatic rings. The summed E-state index contributed by atoms with van der Waals surface area (Å²) in [4.78, 5) is 3.62. The first-order chi connectivity index (χ1) is 13.2. The lowest BCUT2D eigenvalue weighted by Gasteiger charge is -2.37. The zero-order chi connectivity index (χ0) is 19.9. The van der Waals surface area contributed by atoms with Gasteiger partial charge in [0.1, 0.15) is 11.9 Å². The minimum Gasteiger partial charge on any atom is -0.490 e. The molecule has 150 valence electrons. The van der Waals surface area contributed by atoms with Crippen LogP contribution in [0.5, 0.6) is 5.75 Å². The van der Waals surface area contributed by atoms with Gasteiger partial charge < -0.3 is 4.74 Å². The lowest BCUT2D eigenvalue weighted by molar-refractivity contribution is -0.137. The summed E-state index contributed by atoms with van der Waals surface area (Å²) in [5.74, 6) is 0.675. The SMILES string of the molecule is O=S(=O)(c1cccc(C(F)(F)F)c1)N1C2CCC1CC(Oc1ccncc1)C2. The van der Waals surface area contributed by atoms with Crippen molar-refractivity contribution in [1.82, 2.24) is 9.29 Å². The highest BCUT2D eigenvalue weighted by Gasteiger charge is 2.48. The van der Waals surface area contributed by atoms with E-state index in [0.29, 0.717) is 37.5 Å². The Kier molecular flexibility index (Phi) is 4.83. The van der Waals surface area contributed by atoms with E-state index in [0.717, 1.165) is 12.1 Å². The first kappa shape index (κ1) is 19.2. The number of ether oxygens (including phenoxy) is 1. The molecule has 2 fully saturated rings. The Labute approximate surface area is 161 Å². The van der Waals surface area contributed by atoms with Gasteiger partial charge in [-0.1, -0.05) is 6.07 Å². The molecule has 2 unspecified atom stereocenters. The van der Waals surface area contributed by atoms with E-state index in [4.69, 9.17) is 4.74 Å². The summed E-state index contributed by atoms with van der Waals surface area (Å²) in [7, 11) is -4.01. The number of sulfonamides is 1. The van der Waals surface area contributed by atoms with Crippen molar-refractivity contribution in [3.8, 4) is 5.75 Å². The molecule has 4 rings (SSSR count). The normalized spacial score (nSPS) is 25.6. The van der Waals surface area contributed by atoms with Gasteiger partial charge in [-0.25, -0.2) is 8.42 Å². The van der Waals surface area contributed by atoms with Crippen LogP contribution in [0.25, 0.3) is 0 Å². The van der Waals surface area contributed by atoms with Gasteiger partial charge in [-0.3, -0.25) is 4.98 Å². The summed E-state index contributed by atoms with van der Waals surface area (Å²) in [5.41, 5.74) is -0.961. The molecule has 2 aromatic rings. The molecule has 1 aromatic heterocycles. The highest BCUT2D eigenvalue weighted by molar-refractivity contribution is 7.89. The molecule has 1 aromatic carbocycles. The van der Waals surface area contributed by atoms with Crippen LogP contribution in [0.4, 0.5) is 13.2 Å². The fourth-order valence-corrected chi connectivity index (χ4v) is 6.07. The minimum absolute atomic E-state index is 0.132. The van der Waals surface area contributed by atoms with Crippen molar-refractivity contribution in [3.05, 3.63) is 54.4 Å². The zero-order valence-corrected chi connectivity index (χ0v) is 15.7. The van der Waals surface area contributed by atoms with Crippen molar-refractivity contribution in [2.45, 2.75) is 54.9 Å². The highest BCUT2D eigenvalue weighted by atomic mass is 32.2. The van der Waals surface area contributed by atoms with E-state index in [1.165, 1.54) is 10.4 Å². The van der Waals surface area contributed by atoms with E-state index in [2.05, 4.69) is 4.98 Å². The number of piperidine rings is 1. The maximum absolute atomic E-state index is 13.1. The summed E-state index contributed by atoms with van der Waals surface area (Å²) < 4.78 is 72.5. The van der Waals surface area contributed by atoms with Gasteiger partial charge in [-0.15, -0.1) is 0 Å². The number of rotatable bonds is 4. The Morgan fingerprint density at radius 1 is 1.04 bits per heavy atom. The molecule has 0 spiro atoms. The molecular formula is C19H19F3N2O3S. The Balaban J connectivity index is 1.56. The first-order valence-electron chi connectivity index (χ1n) is 9.02.